The van der Waals surface area contributed by atoms with E-state index in [9.17, 15) is 14.9 Å². The smallest absolute Gasteiger partial charge is 0.292 e. The van der Waals surface area contributed by atoms with Crippen LogP contribution in [0.15, 0.2) is 48.5 Å². The van der Waals surface area contributed by atoms with Crippen LogP contribution in [0, 0.1) is 10.1 Å². The van der Waals surface area contributed by atoms with E-state index in [1.54, 1.807) is 12.1 Å². The van der Waals surface area contributed by atoms with E-state index in [1.165, 1.54) is 11.6 Å². The van der Waals surface area contributed by atoms with Crippen molar-refractivity contribution in [3.8, 4) is 0 Å². The molecule has 1 amide bonds. The third-order valence-corrected chi connectivity index (χ3v) is 5.68. The van der Waals surface area contributed by atoms with Crippen LogP contribution in [0.2, 0.25) is 0 Å². The molecule has 1 heterocycles. The van der Waals surface area contributed by atoms with Gasteiger partial charge in [-0.2, -0.15) is 0 Å². The normalized spacial score (nSPS) is 16.2. The molecular formula is C23H30N4O3. The Balaban J connectivity index is 1.58. The summed E-state index contributed by atoms with van der Waals surface area (Å²) in [6.07, 6.45) is 0. The molecule has 1 aliphatic rings. The zero-order chi connectivity index (χ0) is 21.9. The standard InChI is InChI=1S/C23H30N4O3/c1-17(22(28)24-19-11-9-18(10-12-19)23(2,3)4)25-13-15-26(16-14-25)20-7-5-6-8-21(20)27(29)30/h5-12,17H,13-16H2,1-4H3,(H,24,28). The molecular weight excluding hydrogens is 380 g/mol. The van der Waals surface area contributed by atoms with E-state index in [0.29, 0.717) is 31.9 Å². The topological polar surface area (TPSA) is 78.7 Å². The fraction of sp³-hybridized carbons (Fsp3) is 0.435. The van der Waals surface area contributed by atoms with Crippen LogP contribution in [0.3, 0.4) is 0 Å². The number of para-hydroxylation sites is 2. The van der Waals surface area contributed by atoms with Crippen LogP contribution in [-0.2, 0) is 10.2 Å². The maximum absolute atomic E-state index is 12.7. The number of carbonyl (C=O) groups is 1. The molecule has 160 valence electrons. The van der Waals surface area contributed by atoms with E-state index in [0.717, 1.165) is 5.69 Å². The molecule has 1 aliphatic heterocycles. The first-order valence-electron chi connectivity index (χ1n) is 10.3. The Hall–Kier alpha value is -2.93. The van der Waals surface area contributed by atoms with Crippen LogP contribution in [0.1, 0.15) is 33.3 Å². The first-order chi connectivity index (χ1) is 14.2. The van der Waals surface area contributed by atoms with Gasteiger partial charge in [0.2, 0.25) is 5.91 Å². The van der Waals surface area contributed by atoms with Crippen molar-refractivity contribution in [2.45, 2.75) is 39.2 Å². The molecule has 0 bridgehead atoms. The van der Waals surface area contributed by atoms with Crippen molar-refractivity contribution < 1.29 is 9.72 Å². The molecule has 1 unspecified atom stereocenters. The largest absolute Gasteiger partial charge is 0.363 e. The molecule has 0 spiro atoms. The molecule has 1 fully saturated rings. The van der Waals surface area contributed by atoms with Crippen molar-refractivity contribution in [2.75, 3.05) is 36.4 Å². The summed E-state index contributed by atoms with van der Waals surface area (Å²) >= 11 is 0. The average molecular weight is 411 g/mol. The number of rotatable bonds is 5. The van der Waals surface area contributed by atoms with Crippen LogP contribution in [0.5, 0.6) is 0 Å². The summed E-state index contributed by atoms with van der Waals surface area (Å²) in [5.74, 6) is -0.0438. The number of piperazine rings is 1. The van der Waals surface area contributed by atoms with E-state index in [2.05, 4.69) is 31.0 Å². The molecule has 1 atom stereocenters. The van der Waals surface area contributed by atoms with E-state index >= 15 is 0 Å². The summed E-state index contributed by atoms with van der Waals surface area (Å²) in [7, 11) is 0. The fourth-order valence-corrected chi connectivity index (χ4v) is 3.70. The SMILES string of the molecule is CC(C(=O)Nc1ccc(C(C)(C)C)cc1)N1CCN(c2ccccc2[N+](=O)[O-])CC1. The van der Waals surface area contributed by atoms with Crippen LogP contribution in [-0.4, -0.2) is 48.0 Å². The first kappa shape index (κ1) is 21.8. The summed E-state index contributed by atoms with van der Waals surface area (Å²) in [5, 5.41) is 14.3. The number of nitro groups is 1. The van der Waals surface area contributed by atoms with Crippen molar-refractivity contribution in [1.82, 2.24) is 4.90 Å². The highest BCUT2D eigenvalue weighted by Crippen LogP contribution is 2.28. The van der Waals surface area contributed by atoms with Crippen molar-refractivity contribution in [2.24, 2.45) is 0 Å². The van der Waals surface area contributed by atoms with Crippen molar-refractivity contribution >= 4 is 23.0 Å². The Morgan fingerprint density at radius 2 is 1.63 bits per heavy atom. The Labute approximate surface area is 177 Å². The molecule has 0 aromatic heterocycles. The third kappa shape index (κ3) is 4.97. The number of hydrogen-bond acceptors (Lipinski definition) is 5. The van der Waals surface area contributed by atoms with Gasteiger partial charge < -0.3 is 10.2 Å². The van der Waals surface area contributed by atoms with Crippen LogP contribution in [0.25, 0.3) is 0 Å². The van der Waals surface area contributed by atoms with Gasteiger partial charge in [0.15, 0.2) is 0 Å². The molecule has 0 radical (unpaired) electrons. The lowest BCUT2D eigenvalue weighted by Gasteiger charge is -2.38. The minimum Gasteiger partial charge on any atom is -0.363 e. The zero-order valence-corrected chi connectivity index (χ0v) is 18.1. The highest BCUT2D eigenvalue weighted by molar-refractivity contribution is 5.94. The summed E-state index contributed by atoms with van der Waals surface area (Å²) < 4.78 is 0. The number of carbonyl (C=O) groups excluding carboxylic acids is 1. The van der Waals surface area contributed by atoms with E-state index in [4.69, 9.17) is 0 Å². The van der Waals surface area contributed by atoms with Gasteiger partial charge in [0.05, 0.1) is 11.0 Å². The second-order valence-corrected chi connectivity index (χ2v) is 8.76. The minimum atomic E-state index is -0.345. The average Bonchev–Trinajstić information content (AvgIpc) is 2.73. The van der Waals surface area contributed by atoms with E-state index in [1.807, 2.05) is 42.2 Å². The zero-order valence-electron chi connectivity index (χ0n) is 18.1. The molecule has 30 heavy (non-hydrogen) atoms. The first-order valence-corrected chi connectivity index (χ1v) is 10.3. The summed E-state index contributed by atoms with van der Waals surface area (Å²) in [5.41, 5.74) is 2.84. The maximum atomic E-state index is 12.7. The Bertz CT molecular complexity index is 897. The molecule has 2 aromatic rings. The summed E-state index contributed by atoms with van der Waals surface area (Å²) in [4.78, 5) is 27.8. The highest BCUT2D eigenvalue weighted by atomic mass is 16.6. The van der Waals surface area contributed by atoms with Gasteiger partial charge in [-0.1, -0.05) is 45.0 Å². The van der Waals surface area contributed by atoms with Gasteiger partial charge in [0.1, 0.15) is 5.69 Å². The third-order valence-electron chi connectivity index (χ3n) is 5.68. The number of anilines is 2. The minimum absolute atomic E-state index is 0.0438. The Morgan fingerprint density at radius 3 is 2.20 bits per heavy atom. The van der Waals surface area contributed by atoms with Gasteiger partial charge >= 0.3 is 0 Å². The lowest BCUT2D eigenvalue weighted by molar-refractivity contribution is -0.384. The molecule has 7 nitrogen and oxygen atoms in total. The second-order valence-electron chi connectivity index (χ2n) is 8.76. The van der Waals surface area contributed by atoms with Crippen molar-refractivity contribution in [3.05, 3.63) is 64.2 Å². The molecule has 3 rings (SSSR count). The predicted octanol–water partition coefficient (Wildman–Crippen LogP) is 4.04. The molecule has 2 aromatic carbocycles. The van der Waals surface area contributed by atoms with E-state index in [-0.39, 0.29) is 28.0 Å². The number of nitro benzene ring substituents is 1. The molecule has 7 heteroatoms. The van der Waals surface area contributed by atoms with Crippen LogP contribution >= 0.6 is 0 Å². The number of nitrogens with one attached hydrogen (secondary N) is 1. The summed E-state index contributed by atoms with van der Waals surface area (Å²) in [6, 6.07) is 14.5. The monoisotopic (exact) mass is 410 g/mol. The fourth-order valence-electron chi connectivity index (χ4n) is 3.70. The molecule has 1 saturated heterocycles. The molecule has 0 saturated carbocycles. The lowest BCUT2D eigenvalue weighted by atomic mass is 9.87. The quantitative estimate of drug-likeness (QED) is 0.594. The number of benzene rings is 2. The number of nitrogens with zero attached hydrogens (tertiary/aromatic N) is 3. The van der Waals surface area contributed by atoms with Gasteiger partial charge in [0, 0.05) is 37.9 Å². The van der Waals surface area contributed by atoms with Crippen molar-refractivity contribution in [1.29, 1.82) is 0 Å². The lowest BCUT2D eigenvalue weighted by Crippen LogP contribution is -2.53. The van der Waals surface area contributed by atoms with Gasteiger partial charge in [-0.25, -0.2) is 0 Å². The summed E-state index contributed by atoms with van der Waals surface area (Å²) in [6.45, 7) is 11.0. The predicted molar refractivity (Wildman–Crippen MR) is 120 cm³/mol. The van der Waals surface area contributed by atoms with E-state index < -0.39 is 0 Å². The number of amides is 1. The van der Waals surface area contributed by atoms with Gasteiger partial charge in [-0.15, -0.1) is 0 Å². The van der Waals surface area contributed by atoms with Gasteiger partial charge in [-0.05, 0) is 36.1 Å². The Morgan fingerprint density at radius 1 is 1.03 bits per heavy atom. The van der Waals surface area contributed by atoms with Gasteiger partial charge in [-0.3, -0.25) is 19.8 Å². The highest BCUT2D eigenvalue weighted by Gasteiger charge is 2.28. The van der Waals surface area contributed by atoms with Crippen LogP contribution in [0.4, 0.5) is 17.1 Å². The molecule has 1 N–H and O–H groups in total. The maximum Gasteiger partial charge on any atom is 0.292 e. The van der Waals surface area contributed by atoms with Crippen molar-refractivity contribution in [3.63, 3.8) is 0 Å². The van der Waals surface area contributed by atoms with Crippen LogP contribution < -0.4 is 10.2 Å². The second kappa shape index (κ2) is 8.83. The molecule has 0 aliphatic carbocycles. The van der Waals surface area contributed by atoms with Gasteiger partial charge in [0.25, 0.3) is 5.69 Å². The Kier molecular flexibility index (Phi) is 6.41. The number of hydrogen-bond donors (Lipinski definition) is 1.